The first-order valence-corrected chi connectivity index (χ1v) is 8.40. The number of nitrogens with zero attached hydrogens (tertiary/aromatic N) is 2. The standard InChI is InChI=1S/C19H23N3O4/c1-5-21(6-2)15-8-9-16(13(3)11-15)20-19(23)14-7-10-18(26-4)17(12-14)22(24)25/h7-12H,5-6H2,1-4H3,(H,20,23). The zero-order valence-corrected chi connectivity index (χ0v) is 15.4. The Balaban J connectivity index is 2.25. The van der Waals surface area contributed by atoms with Gasteiger partial charge in [0.25, 0.3) is 5.91 Å². The molecule has 26 heavy (non-hydrogen) atoms. The third-order valence-corrected chi connectivity index (χ3v) is 4.22. The predicted molar refractivity (Wildman–Crippen MR) is 102 cm³/mol. The van der Waals surface area contributed by atoms with E-state index in [-0.39, 0.29) is 17.0 Å². The van der Waals surface area contributed by atoms with Crippen molar-refractivity contribution in [2.24, 2.45) is 0 Å². The summed E-state index contributed by atoms with van der Waals surface area (Å²) in [6.45, 7) is 7.89. The van der Waals surface area contributed by atoms with Crippen molar-refractivity contribution in [1.82, 2.24) is 0 Å². The molecule has 2 aromatic carbocycles. The smallest absolute Gasteiger partial charge is 0.311 e. The second-order valence-electron chi connectivity index (χ2n) is 5.77. The van der Waals surface area contributed by atoms with Gasteiger partial charge in [0.2, 0.25) is 0 Å². The van der Waals surface area contributed by atoms with Crippen LogP contribution in [-0.2, 0) is 0 Å². The van der Waals surface area contributed by atoms with Gasteiger partial charge in [0.05, 0.1) is 12.0 Å². The summed E-state index contributed by atoms with van der Waals surface area (Å²) in [5, 5.41) is 13.9. The minimum absolute atomic E-state index is 0.117. The predicted octanol–water partition coefficient (Wildman–Crippen LogP) is 4.01. The number of nitro groups is 1. The molecule has 0 saturated heterocycles. The maximum absolute atomic E-state index is 12.5. The molecular weight excluding hydrogens is 334 g/mol. The van der Waals surface area contributed by atoms with Gasteiger partial charge in [-0.2, -0.15) is 0 Å². The van der Waals surface area contributed by atoms with Gasteiger partial charge in [-0.05, 0) is 56.7 Å². The molecule has 0 saturated carbocycles. The van der Waals surface area contributed by atoms with Crippen LogP contribution >= 0.6 is 0 Å². The van der Waals surface area contributed by atoms with E-state index in [1.807, 2.05) is 25.1 Å². The van der Waals surface area contributed by atoms with E-state index < -0.39 is 10.8 Å². The molecule has 0 bridgehead atoms. The van der Waals surface area contributed by atoms with Crippen LogP contribution in [0.5, 0.6) is 5.75 Å². The fraction of sp³-hybridized carbons (Fsp3) is 0.316. The minimum Gasteiger partial charge on any atom is -0.490 e. The topological polar surface area (TPSA) is 84.7 Å². The Morgan fingerprint density at radius 2 is 1.88 bits per heavy atom. The summed E-state index contributed by atoms with van der Waals surface area (Å²) in [6, 6.07) is 9.95. The normalized spacial score (nSPS) is 10.3. The number of aryl methyl sites for hydroxylation is 1. The molecule has 138 valence electrons. The van der Waals surface area contributed by atoms with Crippen LogP contribution in [0, 0.1) is 17.0 Å². The number of benzene rings is 2. The monoisotopic (exact) mass is 357 g/mol. The maximum atomic E-state index is 12.5. The molecule has 0 fully saturated rings. The number of amides is 1. The zero-order valence-electron chi connectivity index (χ0n) is 15.4. The van der Waals surface area contributed by atoms with E-state index in [2.05, 4.69) is 24.1 Å². The fourth-order valence-electron chi connectivity index (χ4n) is 2.74. The van der Waals surface area contributed by atoms with Crippen molar-refractivity contribution in [2.75, 3.05) is 30.4 Å². The molecule has 1 amide bonds. The average Bonchev–Trinajstić information content (AvgIpc) is 2.64. The van der Waals surface area contributed by atoms with E-state index in [0.29, 0.717) is 5.69 Å². The third kappa shape index (κ3) is 4.11. The van der Waals surface area contributed by atoms with Crippen molar-refractivity contribution in [2.45, 2.75) is 20.8 Å². The molecule has 0 atom stereocenters. The summed E-state index contributed by atoms with van der Waals surface area (Å²) in [5.41, 5.74) is 2.64. The summed E-state index contributed by atoms with van der Waals surface area (Å²) in [5.74, 6) is -0.291. The van der Waals surface area contributed by atoms with Crippen molar-refractivity contribution in [1.29, 1.82) is 0 Å². The van der Waals surface area contributed by atoms with E-state index in [1.165, 1.54) is 25.3 Å². The van der Waals surface area contributed by atoms with Gasteiger partial charge in [0.15, 0.2) is 5.75 Å². The number of anilines is 2. The molecule has 0 aliphatic heterocycles. The molecule has 0 radical (unpaired) electrons. The number of hydrogen-bond donors (Lipinski definition) is 1. The van der Waals surface area contributed by atoms with Crippen LogP contribution in [0.4, 0.5) is 17.1 Å². The van der Waals surface area contributed by atoms with E-state index in [0.717, 1.165) is 24.3 Å². The zero-order chi connectivity index (χ0) is 19.3. The molecule has 0 aliphatic carbocycles. The van der Waals surface area contributed by atoms with Crippen molar-refractivity contribution in [3.8, 4) is 5.75 Å². The molecule has 0 unspecified atom stereocenters. The molecule has 0 aromatic heterocycles. The summed E-state index contributed by atoms with van der Waals surface area (Å²) >= 11 is 0. The van der Waals surface area contributed by atoms with Crippen LogP contribution in [0.25, 0.3) is 0 Å². The lowest BCUT2D eigenvalue weighted by atomic mass is 10.1. The molecule has 2 rings (SSSR count). The summed E-state index contributed by atoms with van der Waals surface area (Å²) in [4.78, 5) is 25.2. The van der Waals surface area contributed by atoms with Gasteiger partial charge in [-0.15, -0.1) is 0 Å². The van der Waals surface area contributed by atoms with Gasteiger partial charge in [-0.3, -0.25) is 14.9 Å². The van der Waals surface area contributed by atoms with Crippen molar-refractivity contribution in [3.05, 3.63) is 57.6 Å². The van der Waals surface area contributed by atoms with Crippen LogP contribution in [-0.4, -0.2) is 31.0 Å². The first kappa shape index (κ1) is 19.2. The number of carbonyl (C=O) groups is 1. The molecule has 7 heteroatoms. The van der Waals surface area contributed by atoms with Gasteiger partial charge >= 0.3 is 5.69 Å². The third-order valence-electron chi connectivity index (χ3n) is 4.22. The van der Waals surface area contributed by atoms with Crippen LogP contribution in [0.15, 0.2) is 36.4 Å². The van der Waals surface area contributed by atoms with Crippen LogP contribution < -0.4 is 15.0 Å². The molecule has 0 heterocycles. The van der Waals surface area contributed by atoms with E-state index >= 15 is 0 Å². The molecule has 0 aliphatic rings. The Kier molecular flexibility index (Phi) is 6.16. The Labute approximate surface area is 152 Å². The number of ether oxygens (including phenoxy) is 1. The first-order chi connectivity index (χ1) is 12.4. The largest absolute Gasteiger partial charge is 0.490 e. The highest BCUT2D eigenvalue weighted by atomic mass is 16.6. The lowest BCUT2D eigenvalue weighted by molar-refractivity contribution is -0.385. The minimum atomic E-state index is -0.570. The molecule has 2 aromatic rings. The van der Waals surface area contributed by atoms with Crippen LogP contribution in [0.2, 0.25) is 0 Å². The van der Waals surface area contributed by atoms with Gasteiger partial charge in [0.1, 0.15) is 0 Å². The summed E-state index contributed by atoms with van der Waals surface area (Å²) in [6.07, 6.45) is 0. The molecule has 7 nitrogen and oxygen atoms in total. The Morgan fingerprint density at radius 3 is 2.42 bits per heavy atom. The maximum Gasteiger partial charge on any atom is 0.311 e. The van der Waals surface area contributed by atoms with Crippen LogP contribution in [0.1, 0.15) is 29.8 Å². The summed E-state index contributed by atoms with van der Waals surface area (Å²) < 4.78 is 4.96. The number of hydrogen-bond acceptors (Lipinski definition) is 5. The van der Waals surface area contributed by atoms with Crippen molar-refractivity contribution in [3.63, 3.8) is 0 Å². The molecule has 1 N–H and O–H groups in total. The fourth-order valence-corrected chi connectivity index (χ4v) is 2.74. The number of nitro benzene ring substituents is 1. The van der Waals surface area contributed by atoms with E-state index in [1.54, 1.807) is 0 Å². The number of methoxy groups -OCH3 is 1. The SMILES string of the molecule is CCN(CC)c1ccc(NC(=O)c2ccc(OC)c([N+](=O)[O-])c2)c(C)c1. The first-order valence-electron chi connectivity index (χ1n) is 8.40. The Bertz CT molecular complexity index is 816. The Hall–Kier alpha value is -3.09. The second kappa shape index (κ2) is 8.33. The highest BCUT2D eigenvalue weighted by Gasteiger charge is 2.18. The number of nitrogens with one attached hydrogen (secondary N) is 1. The van der Waals surface area contributed by atoms with Gasteiger partial charge in [-0.25, -0.2) is 0 Å². The second-order valence-corrected chi connectivity index (χ2v) is 5.77. The quantitative estimate of drug-likeness (QED) is 0.598. The lowest BCUT2D eigenvalue weighted by Crippen LogP contribution is -2.22. The van der Waals surface area contributed by atoms with Crippen molar-refractivity contribution >= 4 is 23.0 Å². The average molecular weight is 357 g/mol. The van der Waals surface area contributed by atoms with Gasteiger partial charge in [-0.1, -0.05) is 0 Å². The number of rotatable bonds is 7. The molecular formula is C19H23N3O4. The Morgan fingerprint density at radius 1 is 1.19 bits per heavy atom. The lowest BCUT2D eigenvalue weighted by Gasteiger charge is -2.22. The van der Waals surface area contributed by atoms with Crippen molar-refractivity contribution < 1.29 is 14.5 Å². The van der Waals surface area contributed by atoms with E-state index in [9.17, 15) is 14.9 Å². The highest BCUT2D eigenvalue weighted by molar-refractivity contribution is 6.05. The molecule has 0 spiro atoms. The van der Waals surface area contributed by atoms with Gasteiger partial charge in [0, 0.05) is 36.1 Å². The van der Waals surface area contributed by atoms with Crippen LogP contribution in [0.3, 0.4) is 0 Å². The van der Waals surface area contributed by atoms with Gasteiger partial charge < -0.3 is 15.0 Å². The highest BCUT2D eigenvalue weighted by Crippen LogP contribution is 2.28. The summed E-state index contributed by atoms with van der Waals surface area (Å²) in [7, 11) is 1.35. The van der Waals surface area contributed by atoms with E-state index in [4.69, 9.17) is 4.74 Å². The number of carbonyl (C=O) groups excluding carboxylic acids is 1.